The normalized spacial score (nSPS) is 16.8. The van der Waals surface area contributed by atoms with E-state index in [4.69, 9.17) is 0 Å². The van der Waals surface area contributed by atoms with Crippen molar-refractivity contribution in [3.05, 3.63) is 12.2 Å². The Hall–Kier alpha value is -0.950. The average molecular weight is 286 g/mol. The molecule has 1 aliphatic rings. The summed E-state index contributed by atoms with van der Waals surface area (Å²) in [5, 5.41) is 7.60. The van der Waals surface area contributed by atoms with Crippen LogP contribution in [0, 0.1) is 0 Å². The topological polar surface area (TPSA) is 76.9 Å². The van der Waals surface area contributed by atoms with Crippen LogP contribution in [0.5, 0.6) is 0 Å². The van der Waals surface area contributed by atoms with Gasteiger partial charge in [-0.05, 0) is 33.6 Å². The first-order chi connectivity index (χ1) is 8.78. The van der Waals surface area contributed by atoms with Crippen molar-refractivity contribution in [1.82, 2.24) is 20.1 Å². The first-order valence-corrected chi connectivity index (χ1v) is 8.27. The van der Waals surface area contributed by atoms with Crippen molar-refractivity contribution >= 4 is 9.84 Å². The molecule has 0 atom stereocenters. The molecule has 1 N–H and O–H groups in total. The monoisotopic (exact) mass is 286 g/mol. The second kappa shape index (κ2) is 5.20. The van der Waals surface area contributed by atoms with Crippen molar-refractivity contribution in [2.24, 2.45) is 0 Å². The summed E-state index contributed by atoms with van der Waals surface area (Å²) < 4.78 is 24.8. The van der Waals surface area contributed by atoms with E-state index in [1.807, 2.05) is 0 Å². The van der Waals surface area contributed by atoms with Crippen LogP contribution in [0.25, 0.3) is 0 Å². The third-order valence-electron chi connectivity index (χ3n) is 3.23. The van der Waals surface area contributed by atoms with Gasteiger partial charge >= 0.3 is 0 Å². The van der Waals surface area contributed by atoms with Crippen LogP contribution in [0.15, 0.2) is 6.33 Å². The van der Waals surface area contributed by atoms with Crippen molar-refractivity contribution in [3.8, 4) is 0 Å². The molecule has 108 valence electrons. The van der Waals surface area contributed by atoms with Crippen molar-refractivity contribution in [2.75, 3.05) is 5.75 Å². The Labute approximate surface area is 114 Å². The lowest BCUT2D eigenvalue weighted by Gasteiger charge is -2.18. The van der Waals surface area contributed by atoms with Crippen molar-refractivity contribution in [3.63, 3.8) is 0 Å². The van der Waals surface area contributed by atoms with Crippen LogP contribution in [0.4, 0.5) is 0 Å². The SMILES string of the molecule is CC(C)(C)S(=O)(=O)CCn1cnc(CNC2CC2)n1. The number of aryl methyl sites for hydroxylation is 1. The van der Waals surface area contributed by atoms with E-state index < -0.39 is 14.6 Å². The molecule has 0 spiro atoms. The molecule has 0 amide bonds. The largest absolute Gasteiger partial charge is 0.307 e. The van der Waals surface area contributed by atoms with Crippen molar-refractivity contribution in [2.45, 2.75) is 57.5 Å². The maximum atomic E-state index is 12.0. The van der Waals surface area contributed by atoms with E-state index >= 15 is 0 Å². The highest BCUT2D eigenvalue weighted by Gasteiger charge is 2.28. The van der Waals surface area contributed by atoms with Gasteiger partial charge in [-0.1, -0.05) is 0 Å². The number of nitrogens with one attached hydrogen (secondary N) is 1. The molecule has 0 radical (unpaired) electrons. The molecule has 1 saturated carbocycles. The molecule has 1 fully saturated rings. The first-order valence-electron chi connectivity index (χ1n) is 6.62. The van der Waals surface area contributed by atoms with E-state index in [0.717, 1.165) is 5.82 Å². The van der Waals surface area contributed by atoms with Gasteiger partial charge in [-0.25, -0.2) is 13.4 Å². The molecule has 6 nitrogen and oxygen atoms in total. The summed E-state index contributed by atoms with van der Waals surface area (Å²) in [6.45, 7) is 6.16. The molecule has 1 aromatic rings. The van der Waals surface area contributed by atoms with Crippen LogP contribution in [0.1, 0.15) is 39.4 Å². The summed E-state index contributed by atoms with van der Waals surface area (Å²) >= 11 is 0. The fourth-order valence-corrected chi connectivity index (χ4v) is 2.60. The maximum Gasteiger partial charge on any atom is 0.164 e. The highest BCUT2D eigenvalue weighted by molar-refractivity contribution is 7.92. The molecule has 1 aliphatic carbocycles. The number of rotatable bonds is 6. The first kappa shape index (κ1) is 14.5. The van der Waals surface area contributed by atoms with E-state index in [1.165, 1.54) is 12.8 Å². The highest BCUT2D eigenvalue weighted by atomic mass is 32.2. The molecule has 0 aliphatic heterocycles. The van der Waals surface area contributed by atoms with E-state index in [2.05, 4.69) is 15.4 Å². The van der Waals surface area contributed by atoms with E-state index in [1.54, 1.807) is 31.8 Å². The zero-order chi connectivity index (χ0) is 14.1. The summed E-state index contributed by atoms with van der Waals surface area (Å²) in [5.74, 6) is 0.815. The van der Waals surface area contributed by atoms with Crippen LogP contribution in [-0.4, -0.2) is 39.7 Å². The molecule has 0 aromatic carbocycles. The Bertz CT molecular complexity index is 526. The van der Waals surface area contributed by atoms with Gasteiger partial charge in [0.05, 0.1) is 23.6 Å². The second-order valence-corrected chi connectivity index (χ2v) is 8.87. The quantitative estimate of drug-likeness (QED) is 0.835. The molecule has 0 unspecified atom stereocenters. The maximum absolute atomic E-state index is 12.0. The molecular formula is C12H22N4O2S. The smallest absolute Gasteiger partial charge is 0.164 e. The van der Waals surface area contributed by atoms with Gasteiger partial charge in [0.25, 0.3) is 0 Å². The number of hydrogen-bond donors (Lipinski definition) is 1. The number of aromatic nitrogens is 3. The van der Waals surface area contributed by atoms with Crippen LogP contribution in [0.2, 0.25) is 0 Å². The molecule has 2 rings (SSSR count). The number of hydrogen-bond acceptors (Lipinski definition) is 5. The fraction of sp³-hybridized carbons (Fsp3) is 0.833. The Morgan fingerprint density at radius 2 is 2.11 bits per heavy atom. The van der Waals surface area contributed by atoms with Gasteiger partial charge in [0.15, 0.2) is 15.7 Å². The molecule has 0 saturated heterocycles. The lowest BCUT2D eigenvalue weighted by atomic mass is 10.3. The van der Waals surface area contributed by atoms with Crippen molar-refractivity contribution < 1.29 is 8.42 Å². The van der Waals surface area contributed by atoms with Crippen LogP contribution >= 0.6 is 0 Å². The minimum Gasteiger partial charge on any atom is -0.307 e. The lowest BCUT2D eigenvalue weighted by molar-refractivity contribution is 0.546. The molecule has 7 heteroatoms. The minimum absolute atomic E-state index is 0.0926. The van der Waals surface area contributed by atoms with Crippen LogP contribution in [0.3, 0.4) is 0 Å². The molecule has 1 heterocycles. The van der Waals surface area contributed by atoms with Gasteiger partial charge in [0.2, 0.25) is 0 Å². The van der Waals surface area contributed by atoms with E-state index in [0.29, 0.717) is 19.1 Å². The summed E-state index contributed by atoms with van der Waals surface area (Å²) in [5.41, 5.74) is 0. The Morgan fingerprint density at radius 3 is 2.68 bits per heavy atom. The molecular weight excluding hydrogens is 264 g/mol. The standard InChI is InChI=1S/C12H22N4O2S/c1-12(2,3)19(17,18)7-6-16-9-14-11(15-16)8-13-10-4-5-10/h9-10,13H,4-8H2,1-3H3. The zero-order valence-electron chi connectivity index (χ0n) is 11.8. The summed E-state index contributed by atoms with van der Waals surface area (Å²) in [4.78, 5) is 4.17. The third-order valence-corrected chi connectivity index (χ3v) is 5.82. The van der Waals surface area contributed by atoms with Gasteiger partial charge in [-0.2, -0.15) is 5.10 Å². The molecule has 19 heavy (non-hydrogen) atoms. The Balaban J connectivity index is 1.85. The van der Waals surface area contributed by atoms with Gasteiger partial charge in [-0.3, -0.25) is 4.68 Å². The van der Waals surface area contributed by atoms with Gasteiger partial charge in [0, 0.05) is 6.04 Å². The van der Waals surface area contributed by atoms with Gasteiger partial charge < -0.3 is 5.32 Å². The average Bonchev–Trinajstić information content (AvgIpc) is 3.01. The van der Waals surface area contributed by atoms with E-state index in [9.17, 15) is 8.42 Å². The lowest BCUT2D eigenvalue weighted by Crippen LogP contribution is -2.32. The summed E-state index contributed by atoms with van der Waals surface area (Å²) in [7, 11) is -3.11. The van der Waals surface area contributed by atoms with Crippen molar-refractivity contribution in [1.29, 1.82) is 0 Å². The Kier molecular flexibility index (Phi) is 3.96. The zero-order valence-corrected chi connectivity index (χ0v) is 12.6. The van der Waals surface area contributed by atoms with Crippen LogP contribution < -0.4 is 5.32 Å². The third kappa shape index (κ3) is 4.01. The summed E-state index contributed by atoms with van der Waals surface area (Å²) in [6.07, 6.45) is 4.05. The molecule has 1 aromatic heterocycles. The predicted octanol–water partition coefficient (Wildman–Crippen LogP) is 0.743. The van der Waals surface area contributed by atoms with E-state index in [-0.39, 0.29) is 5.75 Å². The second-order valence-electron chi connectivity index (χ2n) is 6.01. The Morgan fingerprint density at radius 1 is 1.42 bits per heavy atom. The minimum atomic E-state index is -3.11. The van der Waals surface area contributed by atoms with Crippen LogP contribution in [-0.2, 0) is 22.9 Å². The fourth-order valence-electron chi connectivity index (χ4n) is 1.56. The predicted molar refractivity (Wildman–Crippen MR) is 73.4 cm³/mol. The highest BCUT2D eigenvalue weighted by Crippen LogP contribution is 2.19. The summed E-state index contributed by atoms with van der Waals surface area (Å²) in [6, 6.07) is 0.619. The van der Waals surface area contributed by atoms with Gasteiger partial charge in [0.1, 0.15) is 6.33 Å². The molecule has 0 bridgehead atoms. The number of sulfone groups is 1. The number of nitrogens with zero attached hydrogens (tertiary/aromatic N) is 3. The van der Waals surface area contributed by atoms with Gasteiger partial charge in [-0.15, -0.1) is 0 Å².